The normalized spacial score (nSPS) is 8.60. The number of nitrogens with two attached hydrogens (primary N) is 2. The molecule has 0 aliphatic carbocycles. The fraction of sp³-hybridized carbons (Fsp3) is 0.818. The molecule has 0 saturated carbocycles. The maximum atomic E-state index is 9.60. The number of amides is 1. The zero-order valence-electron chi connectivity index (χ0n) is 9.67. The van der Waals surface area contributed by atoms with Crippen LogP contribution in [0.4, 0.5) is 0 Å². The predicted molar refractivity (Wildman–Crippen MR) is 61.9 cm³/mol. The Balaban J connectivity index is 0. The van der Waals surface area contributed by atoms with E-state index in [4.69, 9.17) is 11.0 Å². The lowest BCUT2D eigenvalue weighted by Crippen LogP contribution is -2.07. The molecule has 1 amide bonds. The average Bonchev–Trinajstić information content (AvgIpc) is 2.18. The maximum Gasteiger partial charge on any atom is 0.231 e. The molecule has 0 atom stereocenters. The van der Waals surface area contributed by atoms with Gasteiger partial charge < -0.3 is 11.5 Å². The molecule has 0 unspecified atom stereocenters. The SMILES string of the molecule is CCCCCCCCN.N#CCC(N)=O. The Kier molecular flexibility index (Phi) is 16.8. The van der Waals surface area contributed by atoms with Crippen LogP contribution in [-0.2, 0) is 4.79 Å². The van der Waals surface area contributed by atoms with Crippen LogP contribution in [-0.4, -0.2) is 12.5 Å². The van der Waals surface area contributed by atoms with Gasteiger partial charge in [0.1, 0.15) is 6.42 Å². The van der Waals surface area contributed by atoms with Crippen LogP contribution in [0.5, 0.6) is 0 Å². The smallest absolute Gasteiger partial charge is 0.231 e. The van der Waals surface area contributed by atoms with Crippen LogP contribution in [0, 0.1) is 11.3 Å². The van der Waals surface area contributed by atoms with Gasteiger partial charge in [0, 0.05) is 0 Å². The molecule has 0 bridgehead atoms. The van der Waals surface area contributed by atoms with Crippen LogP contribution in [0.25, 0.3) is 0 Å². The summed E-state index contributed by atoms with van der Waals surface area (Å²) >= 11 is 0. The number of carbonyl (C=O) groups excluding carboxylic acids is 1. The molecule has 0 rings (SSSR count). The summed E-state index contributed by atoms with van der Waals surface area (Å²) in [5.41, 5.74) is 9.88. The molecule has 4 nitrogen and oxygen atoms in total. The highest BCUT2D eigenvalue weighted by Gasteiger charge is 1.86. The van der Waals surface area contributed by atoms with Gasteiger partial charge in [-0.15, -0.1) is 0 Å². The third kappa shape index (κ3) is 24.6. The van der Waals surface area contributed by atoms with E-state index < -0.39 is 5.91 Å². The molecule has 0 aromatic rings. The summed E-state index contributed by atoms with van der Waals surface area (Å²) in [5.74, 6) is -0.572. The van der Waals surface area contributed by atoms with E-state index in [1.165, 1.54) is 38.5 Å². The van der Waals surface area contributed by atoms with Gasteiger partial charge in [-0.25, -0.2) is 0 Å². The minimum absolute atomic E-state index is 0.181. The minimum Gasteiger partial charge on any atom is -0.369 e. The summed E-state index contributed by atoms with van der Waals surface area (Å²) in [6.07, 6.45) is 7.87. The molecule has 88 valence electrons. The Morgan fingerprint density at radius 2 is 1.73 bits per heavy atom. The van der Waals surface area contributed by atoms with E-state index >= 15 is 0 Å². The highest BCUT2D eigenvalue weighted by molar-refractivity contribution is 5.75. The van der Waals surface area contributed by atoms with Crippen molar-refractivity contribution in [3.63, 3.8) is 0 Å². The van der Waals surface area contributed by atoms with Crippen molar-refractivity contribution < 1.29 is 4.79 Å². The Morgan fingerprint density at radius 3 is 2.07 bits per heavy atom. The summed E-state index contributed by atoms with van der Waals surface area (Å²) in [5, 5.41) is 7.69. The Bertz CT molecular complexity index is 169. The van der Waals surface area contributed by atoms with Crippen molar-refractivity contribution >= 4 is 5.91 Å². The summed E-state index contributed by atoms with van der Waals surface area (Å²) in [4.78, 5) is 9.60. The number of primary amides is 1. The second-order valence-corrected chi connectivity index (χ2v) is 3.36. The molecule has 0 heterocycles. The number of hydrogen-bond acceptors (Lipinski definition) is 3. The van der Waals surface area contributed by atoms with Crippen LogP contribution in [0.3, 0.4) is 0 Å². The van der Waals surface area contributed by atoms with Crippen LogP contribution in [0.2, 0.25) is 0 Å². The van der Waals surface area contributed by atoms with Gasteiger partial charge in [0.25, 0.3) is 0 Å². The minimum atomic E-state index is -0.572. The molecule has 4 heteroatoms. The molecule has 0 fully saturated rings. The van der Waals surface area contributed by atoms with E-state index in [1.54, 1.807) is 6.07 Å². The molecule has 4 N–H and O–H groups in total. The first-order valence-electron chi connectivity index (χ1n) is 5.54. The van der Waals surface area contributed by atoms with Crippen molar-refractivity contribution in [1.82, 2.24) is 0 Å². The molecule has 15 heavy (non-hydrogen) atoms. The van der Waals surface area contributed by atoms with Gasteiger partial charge in [0.15, 0.2) is 0 Å². The Hall–Kier alpha value is -1.08. The highest BCUT2D eigenvalue weighted by Crippen LogP contribution is 2.03. The van der Waals surface area contributed by atoms with E-state index in [1.807, 2.05) is 0 Å². The van der Waals surface area contributed by atoms with E-state index in [0.717, 1.165) is 6.54 Å². The quantitative estimate of drug-likeness (QED) is 0.630. The Morgan fingerprint density at radius 1 is 1.20 bits per heavy atom. The highest BCUT2D eigenvalue weighted by atomic mass is 16.1. The Labute approximate surface area is 92.6 Å². The van der Waals surface area contributed by atoms with Crippen LogP contribution >= 0.6 is 0 Å². The third-order valence-electron chi connectivity index (χ3n) is 1.81. The van der Waals surface area contributed by atoms with Gasteiger partial charge in [0.2, 0.25) is 5.91 Å². The van der Waals surface area contributed by atoms with Crippen molar-refractivity contribution in [3.05, 3.63) is 0 Å². The molecular formula is C11H23N3O. The fourth-order valence-corrected chi connectivity index (χ4v) is 1.00. The molecular weight excluding hydrogens is 190 g/mol. The van der Waals surface area contributed by atoms with Gasteiger partial charge in [0.05, 0.1) is 6.07 Å². The van der Waals surface area contributed by atoms with Crippen molar-refractivity contribution in [2.45, 2.75) is 51.9 Å². The maximum absolute atomic E-state index is 9.60. The zero-order valence-corrected chi connectivity index (χ0v) is 9.67. The number of rotatable bonds is 7. The van der Waals surface area contributed by atoms with E-state index in [0.29, 0.717) is 0 Å². The zero-order chi connectivity index (χ0) is 11.9. The predicted octanol–water partition coefficient (Wildman–Crippen LogP) is 1.69. The molecule has 0 aromatic carbocycles. The standard InChI is InChI=1S/C8H19N.C3H4N2O/c1-2-3-4-5-6-7-8-9;4-2-1-3(5)6/h2-9H2,1H3;1H2,(H2,5,6). The van der Waals surface area contributed by atoms with Crippen LogP contribution < -0.4 is 11.5 Å². The van der Waals surface area contributed by atoms with E-state index in [2.05, 4.69) is 12.7 Å². The lowest BCUT2D eigenvalue weighted by Gasteiger charge is -1.96. The van der Waals surface area contributed by atoms with Crippen molar-refractivity contribution in [2.24, 2.45) is 11.5 Å². The van der Waals surface area contributed by atoms with Crippen molar-refractivity contribution in [1.29, 1.82) is 5.26 Å². The summed E-state index contributed by atoms with van der Waals surface area (Å²) in [6.45, 7) is 3.11. The van der Waals surface area contributed by atoms with Gasteiger partial charge in [-0.2, -0.15) is 5.26 Å². The van der Waals surface area contributed by atoms with E-state index in [9.17, 15) is 4.79 Å². The molecule has 0 aromatic heterocycles. The largest absolute Gasteiger partial charge is 0.369 e. The van der Waals surface area contributed by atoms with Gasteiger partial charge in [-0.05, 0) is 13.0 Å². The van der Waals surface area contributed by atoms with Gasteiger partial charge in [-0.3, -0.25) is 4.79 Å². The molecule has 0 aliphatic heterocycles. The van der Waals surface area contributed by atoms with Gasteiger partial charge >= 0.3 is 0 Å². The number of carbonyl (C=O) groups is 1. The number of unbranched alkanes of at least 4 members (excludes halogenated alkanes) is 5. The monoisotopic (exact) mass is 213 g/mol. The number of hydrogen-bond donors (Lipinski definition) is 2. The fourth-order valence-electron chi connectivity index (χ4n) is 1.00. The average molecular weight is 213 g/mol. The third-order valence-corrected chi connectivity index (χ3v) is 1.81. The first-order valence-corrected chi connectivity index (χ1v) is 5.54. The first-order chi connectivity index (χ1) is 7.18. The molecule has 0 aliphatic rings. The van der Waals surface area contributed by atoms with E-state index in [-0.39, 0.29) is 6.42 Å². The lowest BCUT2D eigenvalue weighted by atomic mass is 10.1. The van der Waals surface area contributed by atoms with Gasteiger partial charge in [-0.1, -0.05) is 39.0 Å². The molecule has 0 spiro atoms. The van der Waals surface area contributed by atoms with Crippen molar-refractivity contribution in [3.8, 4) is 6.07 Å². The molecule has 0 saturated heterocycles. The van der Waals surface area contributed by atoms with Crippen molar-refractivity contribution in [2.75, 3.05) is 6.54 Å². The lowest BCUT2D eigenvalue weighted by molar-refractivity contribution is -0.117. The second kappa shape index (κ2) is 15.4. The number of nitrogens with zero attached hydrogens (tertiary/aromatic N) is 1. The topological polar surface area (TPSA) is 92.9 Å². The number of nitriles is 1. The summed E-state index contributed by atoms with van der Waals surface area (Å²) in [6, 6.07) is 1.59. The van der Waals surface area contributed by atoms with Crippen LogP contribution in [0.1, 0.15) is 51.9 Å². The molecule has 0 radical (unpaired) electrons. The van der Waals surface area contributed by atoms with Crippen LogP contribution in [0.15, 0.2) is 0 Å². The first kappa shape index (κ1) is 16.4. The summed E-state index contributed by atoms with van der Waals surface area (Å²) in [7, 11) is 0. The second-order valence-electron chi connectivity index (χ2n) is 3.36. The summed E-state index contributed by atoms with van der Waals surface area (Å²) < 4.78 is 0.